The largest absolute Gasteiger partial charge is 1.00 e. The molecule has 0 aliphatic heterocycles. The smallest absolute Gasteiger partial charge is 0.281 e. The Morgan fingerprint density at radius 1 is 0.903 bits per heavy atom. The maximum absolute atomic E-state index is 14.2. The first-order chi connectivity index (χ1) is 14.4. The summed E-state index contributed by atoms with van der Waals surface area (Å²) in [5, 5.41) is 0. The molecule has 3 aromatic rings. The Morgan fingerprint density at radius 2 is 1.65 bits per heavy atom. The van der Waals surface area contributed by atoms with Gasteiger partial charge in [-0.1, -0.05) is 48.0 Å². The molecule has 5 heteroatoms. The minimum Gasteiger partial charge on any atom is -0.281 e. The van der Waals surface area contributed by atoms with Crippen LogP contribution in [0, 0.1) is 36.3 Å². The molecule has 0 aromatic heterocycles. The summed E-state index contributed by atoms with van der Waals surface area (Å²) in [5.74, 6) is -3.39. The van der Waals surface area contributed by atoms with Gasteiger partial charge in [-0.3, -0.25) is 4.39 Å². The molecule has 31 heavy (non-hydrogen) atoms. The molecule has 3 aromatic carbocycles. The zero-order valence-corrected chi connectivity index (χ0v) is 22.5. The van der Waals surface area contributed by atoms with Crippen LogP contribution in [-0.2, 0) is 6.42 Å². The third-order valence-corrected chi connectivity index (χ3v) is 5.84. The summed E-state index contributed by atoms with van der Waals surface area (Å²) in [6.45, 7) is 1.54. The molecule has 0 spiro atoms. The Morgan fingerprint density at radius 3 is 2.32 bits per heavy atom. The van der Waals surface area contributed by atoms with Crippen molar-refractivity contribution in [3.63, 3.8) is 0 Å². The molecule has 0 saturated heterocycles. The fourth-order valence-electron chi connectivity index (χ4n) is 4.05. The Hall–Kier alpha value is -1.07. The van der Waals surface area contributed by atoms with Crippen molar-refractivity contribution in [2.45, 2.75) is 38.5 Å². The Kier molecular flexibility index (Phi) is 8.47. The van der Waals surface area contributed by atoms with E-state index in [-0.39, 0.29) is 75.2 Å². The zero-order valence-electron chi connectivity index (χ0n) is 17.6. The normalized spacial score (nSPS) is 15.9. The standard InChI is InChI=1S/C26H21F4.Rb/c1-16-5-14-22(26(30)24(16)28)20-12-8-18(9-13-20)15-17-6-10-19(11-7-17)21-3-2-4-23(27)25(21)29;/h2-3,5-6,8-9,12-14,19H,7,10-11,15H2,1H3;/q-1;+1. The quantitative estimate of drug-likeness (QED) is 0.285. The van der Waals surface area contributed by atoms with Crippen molar-refractivity contribution >= 4 is 0 Å². The second-order valence-corrected chi connectivity index (χ2v) is 7.83. The van der Waals surface area contributed by atoms with Crippen LogP contribution in [0.15, 0.2) is 60.2 Å². The summed E-state index contributed by atoms with van der Waals surface area (Å²) in [6.07, 6.45) is 5.09. The van der Waals surface area contributed by atoms with E-state index < -0.39 is 23.3 Å². The van der Waals surface area contributed by atoms with E-state index in [2.05, 4.69) is 12.1 Å². The summed E-state index contributed by atoms with van der Waals surface area (Å²) < 4.78 is 55.5. The molecular formula is C26H21F4Rb. The average Bonchev–Trinajstić information content (AvgIpc) is 2.76. The first-order valence-electron chi connectivity index (χ1n) is 10.0. The van der Waals surface area contributed by atoms with E-state index in [1.807, 2.05) is 12.1 Å². The van der Waals surface area contributed by atoms with Crippen molar-refractivity contribution < 1.29 is 75.7 Å². The van der Waals surface area contributed by atoms with Gasteiger partial charge in [-0.2, -0.15) is 12.1 Å². The second-order valence-electron chi connectivity index (χ2n) is 7.83. The van der Waals surface area contributed by atoms with Gasteiger partial charge >= 0.3 is 58.2 Å². The van der Waals surface area contributed by atoms with Crippen LogP contribution in [0.3, 0.4) is 0 Å². The first-order valence-corrected chi connectivity index (χ1v) is 10.0. The van der Waals surface area contributed by atoms with Crippen LogP contribution in [0.2, 0.25) is 0 Å². The predicted octanol–water partition coefficient (Wildman–Crippen LogP) is 4.46. The van der Waals surface area contributed by atoms with Gasteiger partial charge in [-0.15, -0.1) is 11.6 Å². The topological polar surface area (TPSA) is 0 Å². The Bertz CT molecular complexity index is 1100. The third-order valence-electron chi connectivity index (χ3n) is 5.84. The Balaban J connectivity index is 0.00000272. The van der Waals surface area contributed by atoms with Gasteiger partial charge in [0.05, 0.1) is 0 Å². The summed E-state index contributed by atoms with van der Waals surface area (Å²) >= 11 is 0. The van der Waals surface area contributed by atoms with Crippen LogP contribution in [0.1, 0.15) is 41.9 Å². The second kappa shape index (κ2) is 10.7. The van der Waals surface area contributed by atoms with Gasteiger partial charge in [0.2, 0.25) is 0 Å². The van der Waals surface area contributed by atoms with E-state index in [0.717, 1.165) is 24.8 Å². The molecule has 0 saturated carbocycles. The number of hydrogen-bond donors (Lipinski definition) is 0. The van der Waals surface area contributed by atoms with Crippen molar-refractivity contribution in [1.82, 2.24) is 0 Å². The summed E-state index contributed by atoms with van der Waals surface area (Å²) in [7, 11) is 0. The molecule has 1 unspecified atom stereocenters. The fourth-order valence-corrected chi connectivity index (χ4v) is 4.05. The van der Waals surface area contributed by atoms with E-state index in [0.29, 0.717) is 17.5 Å². The Labute approximate surface area is 229 Å². The molecular weight excluding hydrogens is 474 g/mol. The van der Waals surface area contributed by atoms with Crippen molar-refractivity contribution in [3.8, 4) is 11.1 Å². The molecule has 4 rings (SSSR count). The van der Waals surface area contributed by atoms with E-state index in [9.17, 15) is 17.6 Å². The van der Waals surface area contributed by atoms with Crippen molar-refractivity contribution in [2.24, 2.45) is 0 Å². The van der Waals surface area contributed by atoms with Gasteiger partial charge in [0.15, 0.2) is 11.6 Å². The molecule has 0 fully saturated rings. The summed E-state index contributed by atoms with van der Waals surface area (Å²) in [5.41, 5.74) is 3.90. The number of aryl methyl sites for hydroxylation is 1. The van der Waals surface area contributed by atoms with Crippen LogP contribution in [-0.4, -0.2) is 0 Å². The van der Waals surface area contributed by atoms with Crippen molar-refractivity contribution in [3.05, 3.63) is 106 Å². The minimum atomic E-state index is -0.924. The molecule has 1 aliphatic carbocycles. The number of allylic oxidation sites excluding steroid dienone is 2. The van der Waals surface area contributed by atoms with Gasteiger partial charge in [-0.05, 0) is 55.2 Å². The van der Waals surface area contributed by atoms with Gasteiger partial charge < -0.3 is 0 Å². The van der Waals surface area contributed by atoms with Crippen LogP contribution in [0.25, 0.3) is 11.1 Å². The van der Waals surface area contributed by atoms with Crippen molar-refractivity contribution in [1.29, 1.82) is 0 Å². The van der Waals surface area contributed by atoms with Crippen LogP contribution < -0.4 is 58.2 Å². The first kappa shape index (κ1) is 24.6. The van der Waals surface area contributed by atoms with E-state index >= 15 is 0 Å². The molecule has 154 valence electrons. The number of rotatable bonds is 4. The molecule has 0 amide bonds. The molecule has 0 heterocycles. The summed E-state index contributed by atoms with van der Waals surface area (Å²) in [4.78, 5) is 0. The average molecular weight is 495 g/mol. The monoisotopic (exact) mass is 494 g/mol. The fraction of sp³-hybridized carbons (Fsp3) is 0.231. The van der Waals surface area contributed by atoms with E-state index in [4.69, 9.17) is 0 Å². The van der Waals surface area contributed by atoms with E-state index in [1.165, 1.54) is 18.6 Å². The predicted molar refractivity (Wildman–Crippen MR) is 110 cm³/mol. The number of hydrogen-bond acceptors (Lipinski definition) is 0. The van der Waals surface area contributed by atoms with Crippen LogP contribution >= 0.6 is 0 Å². The van der Waals surface area contributed by atoms with Gasteiger partial charge in [0.25, 0.3) is 0 Å². The molecule has 1 aliphatic rings. The van der Waals surface area contributed by atoms with Crippen LogP contribution in [0.5, 0.6) is 0 Å². The molecule has 1 atom stereocenters. The zero-order chi connectivity index (χ0) is 21.3. The van der Waals surface area contributed by atoms with Gasteiger partial charge in [-0.25, -0.2) is 13.2 Å². The molecule has 0 N–H and O–H groups in total. The van der Waals surface area contributed by atoms with E-state index in [1.54, 1.807) is 30.3 Å². The van der Waals surface area contributed by atoms with Crippen molar-refractivity contribution in [2.75, 3.05) is 0 Å². The number of halogens is 4. The van der Waals surface area contributed by atoms with Gasteiger partial charge in [0, 0.05) is 17.2 Å². The van der Waals surface area contributed by atoms with Crippen LogP contribution in [0.4, 0.5) is 17.6 Å². The number of benzene rings is 3. The molecule has 0 radical (unpaired) electrons. The SMILES string of the molecule is Cc1ccc(-c2ccc(CC3=CCC(c4cc[c-]c(F)c4F)CC3)cc2)c(F)c1F.[Rb+]. The minimum absolute atomic E-state index is 0. The maximum Gasteiger partial charge on any atom is 1.00 e. The maximum atomic E-state index is 14.2. The summed E-state index contributed by atoms with van der Waals surface area (Å²) in [6, 6.07) is 15.9. The van der Waals surface area contributed by atoms with Gasteiger partial charge in [0.1, 0.15) is 0 Å². The third kappa shape index (κ3) is 5.47. The molecule has 0 bridgehead atoms. The molecule has 0 nitrogen and oxygen atoms in total.